The molecule has 0 bridgehead atoms. The Morgan fingerprint density at radius 1 is 1.29 bits per heavy atom. The molecule has 0 saturated carbocycles. The maximum Gasteiger partial charge on any atom is 0.161 e. The average Bonchev–Trinajstić information content (AvgIpc) is 2.37. The second-order valence-electron chi connectivity index (χ2n) is 4.82. The lowest BCUT2D eigenvalue weighted by atomic mass is 9.82. The first kappa shape index (κ1) is 12.2. The Labute approximate surface area is 102 Å². The Bertz CT molecular complexity index is 398. The molecule has 1 aromatic rings. The van der Waals surface area contributed by atoms with Crippen molar-refractivity contribution in [2.75, 3.05) is 13.2 Å². The molecule has 0 radical (unpaired) electrons. The van der Waals surface area contributed by atoms with E-state index in [1.54, 1.807) is 0 Å². The van der Waals surface area contributed by atoms with Crippen molar-refractivity contribution in [2.45, 2.75) is 32.8 Å². The van der Waals surface area contributed by atoms with Gasteiger partial charge in [0.25, 0.3) is 0 Å². The third-order valence-corrected chi connectivity index (χ3v) is 3.70. The van der Waals surface area contributed by atoms with Crippen molar-refractivity contribution >= 4 is 0 Å². The number of hydrogen-bond donors (Lipinski definition) is 1. The van der Waals surface area contributed by atoms with Crippen molar-refractivity contribution in [3.8, 4) is 11.5 Å². The van der Waals surface area contributed by atoms with Crippen molar-refractivity contribution in [3.63, 3.8) is 0 Å². The van der Waals surface area contributed by atoms with Crippen LogP contribution in [0.3, 0.4) is 0 Å². The van der Waals surface area contributed by atoms with Crippen LogP contribution in [-0.4, -0.2) is 18.3 Å². The fourth-order valence-corrected chi connectivity index (χ4v) is 2.04. The summed E-state index contributed by atoms with van der Waals surface area (Å²) in [7, 11) is 0. The first-order chi connectivity index (χ1) is 8.05. The molecule has 2 unspecified atom stereocenters. The van der Waals surface area contributed by atoms with Crippen LogP contribution < -0.4 is 9.47 Å². The van der Waals surface area contributed by atoms with E-state index in [9.17, 15) is 5.11 Å². The fraction of sp³-hybridized carbons (Fsp3) is 0.571. The first-order valence-electron chi connectivity index (χ1n) is 6.18. The summed E-state index contributed by atoms with van der Waals surface area (Å²) in [6.45, 7) is 7.15. The van der Waals surface area contributed by atoms with Crippen LogP contribution in [0.1, 0.15) is 32.8 Å². The Morgan fingerprint density at radius 2 is 1.94 bits per heavy atom. The van der Waals surface area contributed by atoms with Gasteiger partial charge in [-0.15, -0.1) is 0 Å². The van der Waals surface area contributed by atoms with Crippen LogP contribution >= 0.6 is 0 Å². The fourth-order valence-electron chi connectivity index (χ4n) is 2.04. The molecule has 1 heterocycles. The van der Waals surface area contributed by atoms with E-state index in [1.807, 2.05) is 25.1 Å². The molecule has 2 rings (SSSR count). The maximum absolute atomic E-state index is 10.6. The molecule has 0 saturated heterocycles. The van der Waals surface area contributed by atoms with E-state index in [4.69, 9.17) is 9.47 Å². The summed E-state index contributed by atoms with van der Waals surface area (Å²) >= 11 is 0. The van der Waals surface area contributed by atoms with Crippen LogP contribution in [0.5, 0.6) is 11.5 Å². The van der Waals surface area contributed by atoms with E-state index in [-0.39, 0.29) is 5.92 Å². The largest absolute Gasteiger partial charge is 0.486 e. The van der Waals surface area contributed by atoms with Gasteiger partial charge in [0.2, 0.25) is 0 Å². The van der Waals surface area contributed by atoms with E-state index in [1.165, 1.54) is 0 Å². The minimum Gasteiger partial charge on any atom is -0.486 e. The highest BCUT2D eigenvalue weighted by molar-refractivity contribution is 5.45. The lowest BCUT2D eigenvalue weighted by Gasteiger charge is -2.31. The molecule has 1 aromatic carbocycles. The Balaban J connectivity index is 2.33. The van der Waals surface area contributed by atoms with Crippen molar-refractivity contribution in [1.82, 2.24) is 0 Å². The number of fused-ring (bicyclic) bond motifs is 1. The standard InChI is InChI=1S/C14H20O3/c1-4-10(2)14(3,15)11-5-6-12-13(9-11)17-8-7-16-12/h5-6,9-10,15H,4,7-8H2,1-3H3. The molecule has 1 aliphatic rings. The molecule has 2 atom stereocenters. The van der Waals surface area contributed by atoms with E-state index in [0.29, 0.717) is 13.2 Å². The molecule has 0 fully saturated rings. The van der Waals surface area contributed by atoms with Gasteiger partial charge in [0.05, 0.1) is 5.60 Å². The van der Waals surface area contributed by atoms with Gasteiger partial charge in [-0.25, -0.2) is 0 Å². The summed E-state index contributed by atoms with van der Waals surface area (Å²) in [5.41, 5.74) is 0.0565. The van der Waals surface area contributed by atoms with Gasteiger partial charge < -0.3 is 14.6 Å². The second-order valence-corrected chi connectivity index (χ2v) is 4.82. The normalized spacial score (nSPS) is 19.5. The lowest BCUT2D eigenvalue weighted by molar-refractivity contribution is -0.000396. The zero-order chi connectivity index (χ0) is 12.5. The van der Waals surface area contributed by atoms with Crippen LogP contribution in [-0.2, 0) is 5.60 Å². The number of hydrogen-bond acceptors (Lipinski definition) is 3. The van der Waals surface area contributed by atoms with Crippen LogP contribution in [0.25, 0.3) is 0 Å². The Morgan fingerprint density at radius 3 is 2.59 bits per heavy atom. The maximum atomic E-state index is 10.6. The van der Waals surface area contributed by atoms with Gasteiger partial charge in [-0.05, 0) is 30.5 Å². The van der Waals surface area contributed by atoms with Crippen LogP contribution in [0.2, 0.25) is 0 Å². The zero-order valence-electron chi connectivity index (χ0n) is 10.7. The predicted octanol–water partition coefficient (Wildman–Crippen LogP) is 2.71. The summed E-state index contributed by atoms with van der Waals surface area (Å²) in [6.07, 6.45) is 0.932. The smallest absolute Gasteiger partial charge is 0.161 e. The van der Waals surface area contributed by atoms with Gasteiger partial charge in [0, 0.05) is 0 Å². The number of benzene rings is 1. The Hall–Kier alpha value is -1.22. The van der Waals surface area contributed by atoms with Gasteiger partial charge >= 0.3 is 0 Å². The van der Waals surface area contributed by atoms with Gasteiger partial charge in [-0.2, -0.15) is 0 Å². The highest BCUT2D eigenvalue weighted by atomic mass is 16.6. The Kier molecular flexibility index (Phi) is 3.29. The zero-order valence-corrected chi connectivity index (χ0v) is 10.7. The van der Waals surface area contributed by atoms with Gasteiger partial charge in [-0.1, -0.05) is 26.3 Å². The third kappa shape index (κ3) is 2.25. The number of ether oxygens (including phenoxy) is 2. The second kappa shape index (κ2) is 4.57. The highest BCUT2D eigenvalue weighted by Gasteiger charge is 2.30. The van der Waals surface area contributed by atoms with E-state index in [2.05, 4.69) is 13.8 Å². The topological polar surface area (TPSA) is 38.7 Å². The quantitative estimate of drug-likeness (QED) is 0.877. The molecule has 3 heteroatoms. The molecule has 0 aliphatic carbocycles. The van der Waals surface area contributed by atoms with Crippen molar-refractivity contribution in [3.05, 3.63) is 23.8 Å². The van der Waals surface area contributed by atoms with Gasteiger partial charge in [0.1, 0.15) is 13.2 Å². The predicted molar refractivity (Wildman–Crippen MR) is 66.5 cm³/mol. The third-order valence-electron chi connectivity index (χ3n) is 3.70. The number of aliphatic hydroxyl groups is 1. The van der Waals surface area contributed by atoms with Crippen molar-refractivity contribution in [1.29, 1.82) is 0 Å². The molecule has 0 spiro atoms. The molecule has 1 N–H and O–H groups in total. The minimum atomic E-state index is -0.829. The molecule has 94 valence electrons. The molecule has 17 heavy (non-hydrogen) atoms. The van der Waals surface area contributed by atoms with Crippen LogP contribution in [0.4, 0.5) is 0 Å². The molecule has 3 nitrogen and oxygen atoms in total. The van der Waals surface area contributed by atoms with E-state index < -0.39 is 5.60 Å². The molecule has 1 aliphatic heterocycles. The SMILES string of the molecule is CCC(C)C(C)(O)c1ccc2c(c1)OCCO2. The molecular formula is C14H20O3. The summed E-state index contributed by atoms with van der Waals surface area (Å²) < 4.78 is 11.0. The average molecular weight is 236 g/mol. The lowest BCUT2D eigenvalue weighted by Crippen LogP contribution is -2.29. The van der Waals surface area contributed by atoms with Crippen LogP contribution in [0, 0.1) is 5.92 Å². The first-order valence-corrected chi connectivity index (χ1v) is 6.18. The van der Waals surface area contributed by atoms with Gasteiger partial charge in [-0.3, -0.25) is 0 Å². The summed E-state index contributed by atoms with van der Waals surface area (Å²) in [5.74, 6) is 1.70. The summed E-state index contributed by atoms with van der Waals surface area (Å²) in [6, 6.07) is 5.68. The van der Waals surface area contributed by atoms with E-state index in [0.717, 1.165) is 23.5 Å². The highest BCUT2D eigenvalue weighted by Crippen LogP contribution is 2.37. The minimum absolute atomic E-state index is 0.199. The number of rotatable bonds is 3. The summed E-state index contributed by atoms with van der Waals surface area (Å²) in [5, 5.41) is 10.6. The monoisotopic (exact) mass is 236 g/mol. The van der Waals surface area contributed by atoms with E-state index >= 15 is 0 Å². The van der Waals surface area contributed by atoms with Gasteiger partial charge in [0.15, 0.2) is 11.5 Å². The summed E-state index contributed by atoms with van der Waals surface area (Å²) in [4.78, 5) is 0. The van der Waals surface area contributed by atoms with Crippen molar-refractivity contribution < 1.29 is 14.6 Å². The molecule has 0 amide bonds. The molecular weight excluding hydrogens is 216 g/mol. The van der Waals surface area contributed by atoms with Crippen molar-refractivity contribution in [2.24, 2.45) is 5.92 Å². The van der Waals surface area contributed by atoms with Crippen LogP contribution in [0.15, 0.2) is 18.2 Å². The molecule has 0 aromatic heterocycles.